The van der Waals surface area contributed by atoms with E-state index in [0.29, 0.717) is 15.7 Å². The van der Waals surface area contributed by atoms with Gasteiger partial charge in [-0.1, -0.05) is 23.2 Å². The van der Waals surface area contributed by atoms with Gasteiger partial charge in [-0.15, -0.1) is 0 Å². The highest BCUT2D eigenvalue weighted by Crippen LogP contribution is 2.25. The molecule has 0 aliphatic carbocycles. The second-order valence-electron chi connectivity index (χ2n) is 4.03. The maximum absolute atomic E-state index is 11.8. The summed E-state index contributed by atoms with van der Waals surface area (Å²) in [7, 11) is 0. The molecule has 0 spiro atoms. The minimum atomic E-state index is -0.173. The predicted octanol–water partition coefficient (Wildman–Crippen LogP) is 4.65. The number of anilines is 2. The number of hydrogen-bond acceptors (Lipinski definition) is 2. The summed E-state index contributed by atoms with van der Waals surface area (Å²) in [5.74, 6) is -0.173. The Morgan fingerprint density at radius 2 is 1.80 bits per heavy atom. The number of benzene rings is 2. The van der Waals surface area contributed by atoms with Gasteiger partial charge in [0.25, 0.3) is 0 Å². The van der Waals surface area contributed by atoms with E-state index in [2.05, 4.69) is 33.2 Å². The van der Waals surface area contributed by atoms with Crippen LogP contribution in [0.1, 0.15) is 0 Å². The van der Waals surface area contributed by atoms with Crippen molar-refractivity contribution in [3.63, 3.8) is 0 Å². The molecule has 0 unspecified atom stereocenters. The zero-order valence-corrected chi connectivity index (χ0v) is 14.0. The predicted molar refractivity (Wildman–Crippen MR) is 92.7 cm³/mol. The van der Waals surface area contributed by atoms with Crippen LogP contribution in [0.3, 0.4) is 0 Å². The molecule has 2 rings (SSSR count). The summed E-state index contributed by atoms with van der Waals surface area (Å²) in [5, 5.41) is 6.71. The lowest BCUT2D eigenvalue weighted by molar-refractivity contribution is -0.114. The molecule has 0 heterocycles. The maximum atomic E-state index is 11.8. The van der Waals surface area contributed by atoms with Gasteiger partial charge in [-0.2, -0.15) is 0 Å². The molecule has 0 bridgehead atoms. The van der Waals surface area contributed by atoms with Gasteiger partial charge < -0.3 is 10.6 Å². The third kappa shape index (κ3) is 4.54. The number of hydrogen-bond donors (Lipinski definition) is 2. The van der Waals surface area contributed by atoms with Gasteiger partial charge in [-0.3, -0.25) is 4.79 Å². The second-order valence-corrected chi connectivity index (χ2v) is 6.12. The summed E-state index contributed by atoms with van der Waals surface area (Å²) in [6, 6.07) is 12.7. The van der Waals surface area contributed by atoms with E-state index in [9.17, 15) is 4.79 Å². The lowest BCUT2D eigenvalue weighted by Gasteiger charge is -2.09. The molecule has 0 aliphatic heterocycles. The summed E-state index contributed by atoms with van der Waals surface area (Å²) < 4.78 is 1.14. The summed E-state index contributed by atoms with van der Waals surface area (Å²) in [5.41, 5.74) is 1.44. The van der Waals surface area contributed by atoms with Crippen molar-refractivity contribution < 1.29 is 4.79 Å². The summed E-state index contributed by atoms with van der Waals surface area (Å²) in [6.45, 7) is 0.166. The van der Waals surface area contributed by atoms with E-state index in [1.807, 2.05) is 24.3 Å². The Labute approximate surface area is 140 Å². The van der Waals surface area contributed by atoms with Gasteiger partial charge >= 0.3 is 0 Å². The van der Waals surface area contributed by atoms with Crippen molar-refractivity contribution >= 4 is 63.1 Å². The number of halogens is 3. The number of rotatable bonds is 4. The van der Waals surface area contributed by atoms with Crippen LogP contribution in [0.25, 0.3) is 0 Å². The summed E-state index contributed by atoms with van der Waals surface area (Å²) >= 11 is 14.0. The fourth-order valence-corrected chi connectivity index (χ4v) is 2.35. The quantitative estimate of drug-likeness (QED) is 0.707. The minimum absolute atomic E-state index is 0.166. The van der Waals surface area contributed by atoms with Crippen LogP contribution in [-0.2, 0) is 4.79 Å². The van der Waals surface area contributed by atoms with Crippen LogP contribution in [0.2, 0.25) is 10.0 Å². The molecule has 3 nitrogen and oxygen atoms in total. The number of carbonyl (C=O) groups is 1. The van der Waals surface area contributed by atoms with Gasteiger partial charge in [0, 0.05) is 14.3 Å². The molecule has 2 aromatic carbocycles. The van der Waals surface area contributed by atoms with Crippen molar-refractivity contribution in [2.75, 3.05) is 17.2 Å². The normalized spacial score (nSPS) is 10.2. The second kappa shape index (κ2) is 7.15. The molecule has 20 heavy (non-hydrogen) atoms. The van der Waals surface area contributed by atoms with Crippen molar-refractivity contribution in [3.05, 3.63) is 56.1 Å². The minimum Gasteiger partial charge on any atom is -0.376 e. The highest BCUT2D eigenvalue weighted by Gasteiger charge is 2.06. The van der Waals surface area contributed by atoms with Crippen LogP contribution >= 0.6 is 45.8 Å². The Morgan fingerprint density at radius 3 is 2.45 bits per heavy atom. The molecule has 0 aromatic heterocycles. The molecule has 0 radical (unpaired) electrons. The van der Waals surface area contributed by atoms with Crippen LogP contribution in [0.15, 0.2) is 42.5 Å². The molecule has 1 amide bonds. The van der Waals surface area contributed by atoms with E-state index in [1.165, 1.54) is 0 Å². The van der Waals surface area contributed by atoms with Gasteiger partial charge in [0.05, 0.1) is 17.3 Å². The van der Waals surface area contributed by atoms with E-state index in [-0.39, 0.29) is 12.5 Å². The third-order valence-corrected chi connectivity index (χ3v) is 3.77. The van der Waals surface area contributed by atoms with Crippen molar-refractivity contribution in [1.29, 1.82) is 0 Å². The van der Waals surface area contributed by atoms with E-state index < -0.39 is 0 Å². The molecular weight excluding hydrogens is 410 g/mol. The number of nitrogens with one attached hydrogen (secondary N) is 2. The highest BCUT2D eigenvalue weighted by atomic mass is 127. The molecule has 2 N–H and O–H groups in total. The van der Waals surface area contributed by atoms with Crippen molar-refractivity contribution in [1.82, 2.24) is 0 Å². The van der Waals surface area contributed by atoms with E-state index >= 15 is 0 Å². The molecule has 0 atom stereocenters. The first kappa shape index (κ1) is 15.4. The topological polar surface area (TPSA) is 41.1 Å². The highest BCUT2D eigenvalue weighted by molar-refractivity contribution is 14.1. The molecule has 2 aromatic rings. The lowest BCUT2D eigenvalue weighted by atomic mass is 10.3. The maximum Gasteiger partial charge on any atom is 0.243 e. The Balaban J connectivity index is 1.90. The SMILES string of the molecule is O=C(CNc1ccc(I)cc1)Nc1ccc(Cl)cc1Cl. The monoisotopic (exact) mass is 420 g/mol. The molecule has 0 saturated carbocycles. The molecule has 0 saturated heterocycles. The molecule has 6 heteroatoms. The van der Waals surface area contributed by atoms with Crippen LogP contribution in [-0.4, -0.2) is 12.5 Å². The van der Waals surface area contributed by atoms with Crippen LogP contribution in [0, 0.1) is 3.57 Å². The first-order valence-electron chi connectivity index (χ1n) is 5.79. The summed E-state index contributed by atoms with van der Waals surface area (Å²) in [4.78, 5) is 11.8. The molecular formula is C14H11Cl2IN2O. The van der Waals surface area contributed by atoms with Gasteiger partial charge in [-0.25, -0.2) is 0 Å². The van der Waals surface area contributed by atoms with E-state index in [0.717, 1.165) is 9.26 Å². The molecule has 104 valence electrons. The zero-order valence-electron chi connectivity index (χ0n) is 10.3. The van der Waals surface area contributed by atoms with Crippen LogP contribution in [0.5, 0.6) is 0 Å². The van der Waals surface area contributed by atoms with E-state index in [4.69, 9.17) is 23.2 Å². The lowest BCUT2D eigenvalue weighted by Crippen LogP contribution is -2.21. The van der Waals surface area contributed by atoms with Crippen molar-refractivity contribution in [2.24, 2.45) is 0 Å². The van der Waals surface area contributed by atoms with Crippen molar-refractivity contribution in [2.45, 2.75) is 0 Å². The Bertz CT molecular complexity index is 617. The number of amides is 1. The average molecular weight is 421 g/mol. The van der Waals surface area contributed by atoms with E-state index in [1.54, 1.807) is 18.2 Å². The Hall–Kier alpha value is -0.980. The van der Waals surface area contributed by atoms with Crippen LogP contribution in [0.4, 0.5) is 11.4 Å². The average Bonchev–Trinajstić information content (AvgIpc) is 2.41. The van der Waals surface area contributed by atoms with Crippen molar-refractivity contribution in [3.8, 4) is 0 Å². The summed E-state index contributed by atoms with van der Waals surface area (Å²) in [6.07, 6.45) is 0. The molecule has 0 aliphatic rings. The number of carbonyl (C=O) groups excluding carboxylic acids is 1. The van der Waals surface area contributed by atoms with Gasteiger partial charge in [0.15, 0.2) is 0 Å². The fraction of sp³-hybridized carbons (Fsp3) is 0.0714. The largest absolute Gasteiger partial charge is 0.376 e. The molecule has 0 fully saturated rings. The first-order chi connectivity index (χ1) is 9.54. The van der Waals surface area contributed by atoms with Gasteiger partial charge in [0.2, 0.25) is 5.91 Å². The van der Waals surface area contributed by atoms with Gasteiger partial charge in [0.1, 0.15) is 0 Å². The zero-order chi connectivity index (χ0) is 14.5. The standard InChI is InChI=1S/C14H11Cl2IN2O/c15-9-1-6-13(12(16)7-9)19-14(20)8-18-11-4-2-10(17)3-5-11/h1-7,18H,8H2,(H,19,20). The third-order valence-electron chi connectivity index (χ3n) is 2.50. The first-order valence-corrected chi connectivity index (χ1v) is 7.62. The van der Waals surface area contributed by atoms with Gasteiger partial charge in [-0.05, 0) is 65.1 Å². The van der Waals surface area contributed by atoms with Crippen LogP contribution < -0.4 is 10.6 Å². The Morgan fingerprint density at radius 1 is 1.10 bits per heavy atom. The Kier molecular flexibility index (Phi) is 5.51. The fourth-order valence-electron chi connectivity index (χ4n) is 1.54. The smallest absolute Gasteiger partial charge is 0.243 e.